The van der Waals surface area contributed by atoms with Gasteiger partial charge in [-0.3, -0.25) is 4.79 Å². The first kappa shape index (κ1) is 29.2. The largest absolute Gasteiger partial charge is 0.444 e. The monoisotopic (exact) mass is 557 g/mol. The van der Waals surface area contributed by atoms with Gasteiger partial charge in [-0.2, -0.15) is 0 Å². The van der Waals surface area contributed by atoms with E-state index in [-0.39, 0.29) is 24.1 Å². The van der Waals surface area contributed by atoms with Crippen molar-refractivity contribution in [3.8, 4) is 11.1 Å². The van der Waals surface area contributed by atoms with E-state index in [4.69, 9.17) is 4.74 Å². The number of nitrogens with one attached hydrogen (secondary N) is 2. The Kier molecular flexibility index (Phi) is 9.06. The fraction of sp³-hybridized carbons (Fsp3) is 0.543. The molecule has 0 radical (unpaired) electrons. The summed E-state index contributed by atoms with van der Waals surface area (Å²) in [4.78, 5) is 25.5. The lowest BCUT2D eigenvalue weighted by molar-refractivity contribution is -0.121. The zero-order chi connectivity index (χ0) is 29.0. The lowest BCUT2D eigenvalue weighted by Gasteiger charge is -2.30. The van der Waals surface area contributed by atoms with Gasteiger partial charge in [0.2, 0.25) is 5.91 Å². The third-order valence-corrected chi connectivity index (χ3v) is 8.66. The first-order chi connectivity index (χ1) is 19.6. The lowest BCUT2D eigenvalue weighted by atomic mass is 9.89. The van der Waals surface area contributed by atoms with Gasteiger partial charge in [-0.25, -0.2) is 4.79 Å². The van der Waals surface area contributed by atoms with Crippen LogP contribution in [0.5, 0.6) is 0 Å². The molecule has 0 bridgehead atoms. The van der Waals surface area contributed by atoms with Gasteiger partial charge in [0.1, 0.15) is 5.60 Å². The summed E-state index contributed by atoms with van der Waals surface area (Å²) < 4.78 is 7.81. The molecule has 2 saturated carbocycles. The normalized spacial score (nSPS) is 20.1. The molecule has 2 N–H and O–H groups in total. The van der Waals surface area contributed by atoms with Gasteiger partial charge in [0.15, 0.2) is 0 Å². The third kappa shape index (κ3) is 7.93. The molecule has 1 heterocycles. The minimum absolute atomic E-state index is 0.0752. The maximum atomic E-state index is 13.3. The molecular weight excluding hydrogens is 510 g/mol. The standard InChI is InChI=1S/C35H47N3O3/c1-24-9-8-12-26(19-24)27-13-18-32-31(20-27)28(23-38(32)22-25-10-6-5-7-11-25)21-33(39)36-29-14-16-30(17-15-29)37-34(40)41-35(2,3)4/h8-9,12-13,18-20,23,25,29-30H,5-7,10-11,14-17,21-22H2,1-4H3,(H,36,39)(H,37,40)/t29-,30-. The Labute approximate surface area is 245 Å². The molecule has 0 spiro atoms. The molecule has 2 amide bonds. The molecule has 2 aliphatic rings. The fourth-order valence-corrected chi connectivity index (χ4v) is 6.62. The van der Waals surface area contributed by atoms with Crippen LogP contribution in [0.4, 0.5) is 4.79 Å². The van der Waals surface area contributed by atoms with Crippen LogP contribution in [0.1, 0.15) is 89.7 Å². The second-order valence-electron chi connectivity index (χ2n) is 13.4. The Morgan fingerprint density at radius 2 is 1.56 bits per heavy atom. The number of aromatic nitrogens is 1. The third-order valence-electron chi connectivity index (χ3n) is 8.66. The quantitative estimate of drug-likeness (QED) is 0.313. The highest BCUT2D eigenvalue weighted by Crippen LogP contribution is 2.32. The van der Waals surface area contributed by atoms with Gasteiger partial charge in [-0.15, -0.1) is 0 Å². The zero-order valence-corrected chi connectivity index (χ0v) is 25.3. The van der Waals surface area contributed by atoms with E-state index >= 15 is 0 Å². The highest BCUT2D eigenvalue weighted by Gasteiger charge is 2.26. The number of fused-ring (bicyclic) bond motifs is 1. The van der Waals surface area contributed by atoms with Crippen LogP contribution in [-0.4, -0.2) is 34.3 Å². The van der Waals surface area contributed by atoms with E-state index in [1.807, 2.05) is 20.8 Å². The first-order valence-electron chi connectivity index (χ1n) is 15.6. The Morgan fingerprint density at radius 3 is 2.24 bits per heavy atom. The van der Waals surface area contributed by atoms with Gasteiger partial charge in [0.25, 0.3) is 0 Å². The van der Waals surface area contributed by atoms with Crippen LogP contribution in [-0.2, 0) is 22.5 Å². The number of hydrogen-bond donors (Lipinski definition) is 2. The molecule has 2 aliphatic carbocycles. The van der Waals surface area contributed by atoms with Crippen LogP contribution in [0.25, 0.3) is 22.0 Å². The second kappa shape index (κ2) is 12.7. The average molecular weight is 558 g/mol. The van der Waals surface area contributed by atoms with Gasteiger partial charge >= 0.3 is 6.09 Å². The van der Waals surface area contributed by atoms with Crippen molar-refractivity contribution >= 4 is 22.9 Å². The molecule has 0 aliphatic heterocycles. The summed E-state index contributed by atoms with van der Waals surface area (Å²) in [5.74, 6) is 0.785. The van der Waals surface area contributed by atoms with Crippen molar-refractivity contribution in [2.45, 2.75) is 116 Å². The molecule has 5 rings (SSSR count). The Hall–Kier alpha value is -3.28. The van der Waals surface area contributed by atoms with Crippen molar-refractivity contribution in [2.75, 3.05) is 0 Å². The summed E-state index contributed by atoms with van der Waals surface area (Å²) in [5.41, 5.74) is 5.46. The fourth-order valence-electron chi connectivity index (χ4n) is 6.62. The maximum Gasteiger partial charge on any atom is 0.407 e. The summed E-state index contributed by atoms with van der Waals surface area (Å²) in [6.45, 7) is 8.76. The summed E-state index contributed by atoms with van der Waals surface area (Å²) in [5, 5.41) is 7.47. The number of carbonyl (C=O) groups is 2. The average Bonchev–Trinajstić information content (AvgIpc) is 3.25. The van der Waals surface area contributed by atoms with Gasteiger partial charge in [0, 0.05) is 35.7 Å². The van der Waals surface area contributed by atoms with Crippen molar-refractivity contribution in [2.24, 2.45) is 5.92 Å². The summed E-state index contributed by atoms with van der Waals surface area (Å²) in [6.07, 6.45) is 12.2. The molecule has 0 atom stereocenters. The number of hydrogen-bond acceptors (Lipinski definition) is 3. The molecule has 0 unspecified atom stereocenters. The van der Waals surface area contributed by atoms with Crippen molar-refractivity contribution in [1.82, 2.24) is 15.2 Å². The number of benzene rings is 2. The molecule has 3 aromatic rings. The number of ether oxygens (including phenoxy) is 1. The van der Waals surface area contributed by atoms with Gasteiger partial charge < -0.3 is 19.9 Å². The van der Waals surface area contributed by atoms with Gasteiger partial charge in [0.05, 0.1) is 6.42 Å². The lowest BCUT2D eigenvalue weighted by Crippen LogP contribution is -2.45. The summed E-state index contributed by atoms with van der Waals surface area (Å²) >= 11 is 0. The first-order valence-corrected chi connectivity index (χ1v) is 15.6. The second-order valence-corrected chi connectivity index (χ2v) is 13.4. The predicted octanol–water partition coefficient (Wildman–Crippen LogP) is 7.69. The van der Waals surface area contributed by atoms with Crippen LogP contribution >= 0.6 is 0 Å². The topological polar surface area (TPSA) is 72.4 Å². The zero-order valence-electron chi connectivity index (χ0n) is 25.3. The molecular formula is C35H47N3O3. The number of carbonyl (C=O) groups excluding carboxylic acids is 2. The molecule has 6 heteroatoms. The molecule has 2 fully saturated rings. The van der Waals surface area contributed by atoms with Crippen LogP contribution in [0.2, 0.25) is 0 Å². The van der Waals surface area contributed by atoms with Gasteiger partial charge in [-0.1, -0.05) is 55.2 Å². The van der Waals surface area contributed by atoms with Gasteiger partial charge in [-0.05, 0) is 101 Å². The van der Waals surface area contributed by atoms with Crippen molar-refractivity contribution < 1.29 is 14.3 Å². The predicted molar refractivity (Wildman–Crippen MR) is 166 cm³/mol. The number of amides is 2. The Morgan fingerprint density at radius 1 is 0.878 bits per heavy atom. The Balaban J connectivity index is 1.27. The molecule has 41 heavy (non-hydrogen) atoms. The minimum atomic E-state index is -0.504. The van der Waals surface area contributed by atoms with Crippen LogP contribution < -0.4 is 10.6 Å². The number of alkyl carbamates (subject to hydrolysis) is 1. The van der Waals surface area contributed by atoms with Crippen molar-refractivity contribution in [1.29, 1.82) is 0 Å². The summed E-state index contributed by atoms with van der Waals surface area (Å²) in [7, 11) is 0. The molecule has 1 aromatic heterocycles. The number of aryl methyl sites for hydroxylation is 1. The van der Waals surface area contributed by atoms with E-state index in [0.717, 1.165) is 37.8 Å². The minimum Gasteiger partial charge on any atom is -0.444 e. The Bertz CT molecular complexity index is 1350. The molecule has 2 aromatic carbocycles. The summed E-state index contributed by atoms with van der Waals surface area (Å²) in [6, 6.07) is 15.6. The van der Waals surface area contributed by atoms with E-state index in [1.54, 1.807) is 0 Å². The van der Waals surface area contributed by atoms with E-state index in [2.05, 4.69) is 70.8 Å². The number of nitrogens with zero attached hydrogens (tertiary/aromatic N) is 1. The SMILES string of the molecule is Cc1cccc(-c2ccc3c(c2)c(CC(=O)N[C@H]2CC[C@H](NC(=O)OC(C)(C)C)CC2)cn3CC2CCCCC2)c1. The molecule has 0 saturated heterocycles. The van der Waals surface area contributed by atoms with Crippen LogP contribution in [0, 0.1) is 12.8 Å². The van der Waals surface area contributed by atoms with Crippen molar-refractivity contribution in [3.05, 3.63) is 59.8 Å². The smallest absolute Gasteiger partial charge is 0.407 e. The highest BCUT2D eigenvalue weighted by atomic mass is 16.6. The van der Waals surface area contributed by atoms with E-state index < -0.39 is 5.60 Å². The maximum absolute atomic E-state index is 13.3. The highest BCUT2D eigenvalue weighted by molar-refractivity contribution is 5.92. The van der Waals surface area contributed by atoms with E-state index in [0.29, 0.717) is 12.3 Å². The van der Waals surface area contributed by atoms with Crippen molar-refractivity contribution in [3.63, 3.8) is 0 Å². The van der Waals surface area contributed by atoms with Crippen LogP contribution in [0.15, 0.2) is 48.7 Å². The molecule has 6 nitrogen and oxygen atoms in total. The molecule has 220 valence electrons. The van der Waals surface area contributed by atoms with E-state index in [1.165, 1.54) is 59.7 Å². The van der Waals surface area contributed by atoms with E-state index in [9.17, 15) is 9.59 Å². The number of rotatable bonds is 7. The van der Waals surface area contributed by atoms with Crippen LogP contribution in [0.3, 0.4) is 0 Å².